The first-order valence-electron chi connectivity index (χ1n) is 3.22. The maximum absolute atomic E-state index is 10.1. The predicted molar refractivity (Wildman–Crippen MR) is 36.6 cm³/mol. The van der Waals surface area contributed by atoms with Gasteiger partial charge in [0, 0.05) is 6.54 Å². The highest BCUT2D eigenvalue weighted by molar-refractivity contribution is 6.62. The molecule has 0 heterocycles. The standard InChI is InChI=1S/C6H10ClNO/c7-6(9)8-4-5-2-1-3-5/h5H,1-4H2,(H,8,9). The molecule has 2 nitrogen and oxygen atoms in total. The molecule has 0 atom stereocenters. The van der Waals surface area contributed by atoms with Crippen molar-refractivity contribution in [2.45, 2.75) is 19.3 Å². The summed E-state index contributed by atoms with van der Waals surface area (Å²) in [5.41, 5.74) is 0. The molecule has 1 aliphatic rings. The molecule has 0 bridgehead atoms. The van der Waals surface area contributed by atoms with Gasteiger partial charge in [0.15, 0.2) is 0 Å². The Morgan fingerprint density at radius 1 is 1.67 bits per heavy atom. The normalized spacial score (nSPS) is 18.8. The van der Waals surface area contributed by atoms with Crippen LogP contribution in [0.25, 0.3) is 0 Å². The molecule has 0 aromatic carbocycles. The second-order valence-corrected chi connectivity index (χ2v) is 2.79. The molecule has 0 spiro atoms. The lowest BCUT2D eigenvalue weighted by atomic mass is 9.86. The highest BCUT2D eigenvalue weighted by Gasteiger charge is 2.16. The van der Waals surface area contributed by atoms with E-state index >= 15 is 0 Å². The van der Waals surface area contributed by atoms with Gasteiger partial charge in [-0.2, -0.15) is 0 Å². The van der Waals surface area contributed by atoms with Crippen molar-refractivity contribution < 1.29 is 4.79 Å². The minimum absolute atomic E-state index is 0.429. The van der Waals surface area contributed by atoms with E-state index in [1.807, 2.05) is 0 Å². The van der Waals surface area contributed by atoms with E-state index in [0.717, 1.165) is 6.54 Å². The van der Waals surface area contributed by atoms with Crippen molar-refractivity contribution >= 4 is 17.0 Å². The highest BCUT2D eigenvalue weighted by Crippen LogP contribution is 2.25. The van der Waals surface area contributed by atoms with Crippen molar-refractivity contribution in [3.8, 4) is 0 Å². The average Bonchev–Trinajstić information content (AvgIpc) is 1.60. The van der Waals surface area contributed by atoms with Gasteiger partial charge >= 0.3 is 5.37 Å². The smallest absolute Gasteiger partial charge is 0.313 e. The Balaban J connectivity index is 1.97. The summed E-state index contributed by atoms with van der Waals surface area (Å²) >= 11 is 5.05. The van der Waals surface area contributed by atoms with Crippen LogP contribution in [0.15, 0.2) is 0 Å². The lowest BCUT2D eigenvalue weighted by molar-refractivity contribution is 0.250. The Labute approximate surface area is 59.6 Å². The first kappa shape index (κ1) is 6.87. The molecule has 0 unspecified atom stereocenters. The molecule has 1 amide bonds. The minimum Gasteiger partial charge on any atom is -0.342 e. The fourth-order valence-corrected chi connectivity index (χ4v) is 0.999. The molecule has 0 aliphatic heterocycles. The van der Waals surface area contributed by atoms with Gasteiger partial charge in [-0.15, -0.1) is 0 Å². The Hall–Kier alpha value is -0.240. The van der Waals surface area contributed by atoms with E-state index in [1.165, 1.54) is 19.3 Å². The number of amides is 1. The number of halogens is 1. The van der Waals surface area contributed by atoms with Crippen LogP contribution in [0.5, 0.6) is 0 Å². The van der Waals surface area contributed by atoms with Crippen LogP contribution in [0, 0.1) is 5.92 Å². The Morgan fingerprint density at radius 2 is 2.33 bits per heavy atom. The van der Waals surface area contributed by atoms with Crippen LogP contribution in [0.1, 0.15) is 19.3 Å². The molecule has 0 aromatic rings. The van der Waals surface area contributed by atoms with Crippen molar-refractivity contribution in [2.24, 2.45) is 5.92 Å². The number of carbonyl (C=O) groups excluding carboxylic acids is 1. The molecule has 1 aliphatic carbocycles. The monoisotopic (exact) mass is 147 g/mol. The molecule has 1 N–H and O–H groups in total. The van der Waals surface area contributed by atoms with Crippen molar-refractivity contribution in [3.63, 3.8) is 0 Å². The van der Waals surface area contributed by atoms with Crippen LogP contribution in [0.4, 0.5) is 4.79 Å². The van der Waals surface area contributed by atoms with Gasteiger partial charge in [-0.3, -0.25) is 4.79 Å². The molecule has 9 heavy (non-hydrogen) atoms. The summed E-state index contributed by atoms with van der Waals surface area (Å²) in [5.74, 6) is 0.702. The zero-order chi connectivity index (χ0) is 6.69. The largest absolute Gasteiger partial charge is 0.342 e. The molecular formula is C6H10ClNO. The van der Waals surface area contributed by atoms with Gasteiger partial charge in [-0.25, -0.2) is 0 Å². The molecule has 1 fully saturated rings. The molecular weight excluding hydrogens is 138 g/mol. The van der Waals surface area contributed by atoms with Gasteiger partial charge in [0.25, 0.3) is 0 Å². The van der Waals surface area contributed by atoms with Gasteiger partial charge < -0.3 is 5.32 Å². The van der Waals surface area contributed by atoms with Crippen molar-refractivity contribution in [1.82, 2.24) is 5.32 Å². The van der Waals surface area contributed by atoms with Gasteiger partial charge in [0.05, 0.1) is 0 Å². The van der Waals surface area contributed by atoms with Crippen LogP contribution >= 0.6 is 11.6 Å². The highest BCUT2D eigenvalue weighted by atomic mass is 35.5. The third-order valence-corrected chi connectivity index (χ3v) is 1.89. The van der Waals surface area contributed by atoms with E-state index in [2.05, 4.69) is 5.32 Å². The van der Waals surface area contributed by atoms with Crippen LogP contribution in [0.3, 0.4) is 0 Å². The second-order valence-electron chi connectivity index (χ2n) is 2.45. The average molecular weight is 148 g/mol. The van der Waals surface area contributed by atoms with Crippen LogP contribution in [0.2, 0.25) is 0 Å². The van der Waals surface area contributed by atoms with Gasteiger partial charge in [-0.05, 0) is 30.4 Å². The van der Waals surface area contributed by atoms with Gasteiger partial charge in [0.1, 0.15) is 0 Å². The number of rotatable bonds is 2. The molecule has 0 saturated heterocycles. The summed E-state index contributed by atoms with van der Waals surface area (Å²) in [4.78, 5) is 10.1. The molecule has 0 aromatic heterocycles. The molecule has 1 rings (SSSR count). The third kappa shape index (κ3) is 2.22. The van der Waals surface area contributed by atoms with E-state index < -0.39 is 5.37 Å². The summed E-state index contributed by atoms with van der Waals surface area (Å²) in [6.45, 7) is 0.766. The van der Waals surface area contributed by atoms with Gasteiger partial charge in [-0.1, -0.05) is 6.42 Å². The second kappa shape index (κ2) is 3.06. The van der Waals surface area contributed by atoms with Crippen molar-refractivity contribution in [3.05, 3.63) is 0 Å². The Kier molecular flexibility index (Phi) is 2.34. The molecule has 3 heteroatoms. The fourth-order valence-electron chi connectivity index (χ4n) is 0.922. The van der Waals surface area contributed by atoms with Crippen LogP contribution < -0.4 is 5.32 Å². The Morgan fingerprint density at radius 3 is 2.67 bits per heavy atom. The third-order valence-electron chi connectivity index (χ3n) is 1.75. The first-order chi connectivity index (χ1) is 4.29. The molecule has 0 radical (unpaired) electrons. The van der Waals surface area contributed by atoms with E-state index in [-0.39, 0.29) is 0 Å². The minimum atomic E-state index is -0.429. The Bertz CT molecular complexity index is 112. The SMILES string of the molecule is O=C(Cl)NCC1CCC1. The predicted octanol–water partition coefficient (Wildman–Crippen LogP) is 1.73. The number of hydrogen-bond donors (Lipinski definition) is 1. The van der Waals surface area contributed by atoms with Crippen molar-refractivity contribution in [2.75, 3.05) is 6.54 Å². The van der Waals surface area contributed by atoms with Crippen LogP contribution in [-0.2, 0) is 0 Å². The number of nitrogens with one attached hydrogen (secondary N) is 1. The van der Waals surface area contributed by atoms with Gasteiger partial charge in [0.2, 0.25) is 0 Å². The van der Waals surface area contributed by atoms with E-state index in [9.17, 15) is 4.79 Å². The quantitative estimate of drug-likeness (QED) is 0.468. The summed E-state index contributed by atoms with van der Waals surface area (Å²) in [6, 6.07) is 0. The molecule has 1 saturated carbocycles. The maximum Gasteiger partial charge on any atom is 0.313 e. The summed E-state index contributed by atoms with van der Waals surface area (Å²) in [7, 11) is 0. The van der Waals surface area contributed by atoms with E-state index in [0.29, 0.717) is 5.92 Å². The zero-order valence-electron chi connectivity index (χ0n) is 5.19. The summed E-state index contributed by atoms with van der Waals surface area (Å²) in [5, 5.41) is 2.15. The van der Waals surface area contributed by atoms with E-state index in [4.69, 9.17) is 11.6 Å². The lowest BCUT2D eigenvalue weighted by Crippen LogP contribution is -2.28. The lowest BCUT2D eigenvalue weighted by Gasteiger charge is -2.24. The number of hydrogen-bond acceptors (Lipinski definition) is 1. The van der Waals surface area contributed by atoms with Crippen molar-refractivity contribution in [1.29, 1.82) is 0 Å². The maximum atomic E-state index is 10.1. The molecule has 52 valence electrons. The van der Waals surface area contributed by atoms with E-state index in [1.54, 1.807) is 0 Å². The first-order valence-corrected chi connectivity index (χ1v) is 3.60. The van der Waals surface area contributed by atoms with Crippen LogP contribution in [-0.4, -0.2) is 11.9 Å². The summed E-state index contributed by atoms with van der Waals surface area (Å²) in [6.07, 6.45) is 3.80. The summed E-state index contributed by atoms with van der Waals surface area (Å²) < 4.78 is 0. The topological polar surface area (TPSA) is 29.1 Å². The number of carbonyl (C=O) groups is 1. The zero-order valence-corrected chi connectivity index (χ0v) is 5.95. The fraction of sp³-hybridized carbons (Fsp3) is 0.833.